The first-order chi connectivity index (χ1) is 20.9. The molecule has 0 spiro atoms. The molecule has 0 radical (unpaired) electrons. The molecule has 0 fully saturated rings. The lowest BCUT2D eigenvalue weighted by atomic mass is 9.85. The van der Waals surface area contributed by atoms with Crippen LogP contribution in [-0.2, 0) is 5.41 Å². The van der Waals surface area contributed by atoms with Gasteiger partial charge in [-0.3, -0.25) is 0 Å². The quantitative estimate of drug-likeness (QED) is 0.206. The first kappa shape index (κ1) is 25.6. The Morgan fingerprint density at radius 3 is 1.42 bits per heavy atom. The maximum absolute atomic E-state index is 2.45. The van der Waals surface area contributed by atoms with Crippen LogP contribution >= 0.6 is 0 Å². The van der Waals surface area contributed by atoms with Gasteiger partial charge in [0.05, 0.1) is 22.1 Å². The van der Waals surface area contributed by atoms with Gasteiger partial charge < -0.3 is 9.13 Å². The largest absolute Gasteiger partial charge is 0.309 e. The fraction of sp³-hybridized carbons (Fsp3) is 0.122. The van der Waals surface area contributed by atoms with Gasteiger partial charge in [-0.2, -0.15) is 0 Å². The van der Waals surface area contributed by atoms with E-state index in [-0.39, 0.29) is 5.41 Å². The van der Waals surface area contributed by atoms with Gasteiger partial charge in [0.2, 0.25) is 0 Å². The van der Waals surface area contributed by atoms with Crippen molar-refractivity contribution in [3.05, 3.63) is 145 Å². The van der Waals surface area contributed by atoms with Gasteiger partial charge in [-0.25, -0.2) is 0 Å². The minimum Gasteiger partial charge on any atom is -0.309 e. The average molecular weight is 555 g/mol. The van der Waals surface area contributed by atoms with E-state index in [0.29, 0.717) is 0 Å². The molecule has 2 aromatic heterocycles. The van der Waals surface area contributed by atoms with Gasteiger partial charge in [0.25, 0.3) is 0 Å². The SMILES string of the molecule is Cc1ccccc1-n1c2ccccc2c2cc(-c3ccc4c(c3)c3ccccc3n4-c3ccccc3C(C)(C)C)ccc21. The van der Waals surface area contributed by atoms with Crippen molar-refractivity contribution in [2.24, 2.45) is 0 Å². The van der Waals surface area contributed by atoms with Gasteiger partial charge in [-0.05, 0) is 83.1 Å². The van der Waals surface area contributed by atoms with Crippen LogP contribution in [0.2, 0.25) is 0 Å². The Morgan fingerprint density at radius 2 is 0.860 bits per heavy atom. The maximum Gasteiger partial charge on any atom is 0.0541 e. The van der Waals surface area contributed by atoms with Gasteiger partial charge in [0, 0.05) is 32.9 Å². The van der Waals surface area contributed by atoms with Gasteiger partial charge in [0.15, 0.2) is 0 Å². The Balaban J connectivity index is 1.36. The molecule has 0 amide bonds. The van der Waals surface area contributed by atoms with Gasteiger partial charge >= 0.3 is 0 Å². The Hall–Kier alpha value is -5.08. The molecular formula is C41H34N2. The molecule has 43 heavy (non-hydrogen) atoms. The number of nitrogens with zero attached hydrogens (tertiary/aromatic N) is 2. The number of aryl methyl sites for hydroxylation is 1. The molecule has 6 aromatic carbocycles. The summed E-state index contributed by atoms with van der Waals surface area (Å²) in [7, 11) is 0. The summed E-state index contributed by atoms with van der Waals surface area (Å²) in [5, 5.41) is 5.11. The number of aromatic nitrogens is 2. The van der Waals surface area contributed by atoms with Crippen molar-refractivity contribution >= 4 is 43.6 Å². The van der Waals surface area contributed by atoms with Crippen molar-refractivity contribution in [2.75, 3.05) is 0 Å². The second-order valence-corrected chi connectivity index (χ2v) is 12.7. The molecule has 8 aromatic rings. The van der Waals surface area contributed by atoms with E-state index in [0.717, 1.165) is 0 Å². The summed E-state index contributed by atoms with van der Waals surface area (Å²) in [4.78, 5) is 0. The zero-order valence-electron chi connectivity index (χ0n) is 25.1. The normalized spacial score (nSPS) is 12.2. The zero-order chi connectivity index (χ0) is 29.3. The first-order valence-electron chi connectivity index (χ1n) is 15.1. The Labute approximate surface area is 252 Å². The molecule has 0 atom stereocenters. The van der Waals surface area contributed by atoms with E-state index >= 15 is 0 Å². The van der Waals surface area contributed by atoms with Crippen LogP contribution < -0.4 is 0 Å². The van der Waals surface area contributed by atoms with Crippen LogP contribution in [-0.4, -0.2) is 9.13 Å². The van der Waals surface area contributed by atoms with Crippen LogP contribution in [0.5, 0.6) is 0 Å². The summed E-state index contributed by atoms with van der Waals surface area (Å²) in [5.74, 6) is 0. The molecule has 2 heteroatoms. The third-order valence-electron chi connectivity index (χ3n) is 8.99. The standard InChI is InChI=1S/C41H34N2/c1-27-13-5-9-17-35(27)42-36-18-10-6-14-30(36)32-25-28(21-23-38(32)42)29-22-24-39-33(26-29)31-15-7-11-19-37(31)43(39)40-20-12-8-16-34(40)41(2,3)4/h5-26H,1-4H3. The minimum absolute atomic E-state index is 0.0289. The van der Waals surface area contributed by atoms with Crippen LogP contribution in [0.4, 0.5) is 0 Å². The van der Waals surface area contributed by atoms with Crippen molar-refractivity contribution in [3.8, 4) is 22.5 Å². The van der Waals surface area contributed by atoms with E-state index in [4.69, 9.17) is 0 Å². The van der Waals surface area contributed by atoms with Crippen molar-refractivity contribution in [3.63, 3.8) is 0 Å². The van der Waals surface area contributed by atoms with E-state index in [1.54, 1.807) is 0 Å². The van der Waals surface area contributed by atoms with Crippen LogP contribution in [0.25, 0.3) is 66.1 Å². The topological polar surface area (TPSA) is 9.86 Å². The summed E-state index contributed by atoms with van der Waals surface area (Å²) in [6.07, 6.45) is 0. The molecule has 0 aliphatic heterocycles. The number of benzene rings is 6. The summed E-state index contributed by atoms with van der Waals surface area (Å²) >= 11 is 0. The summed E-state index contributed by atoms with van der Waals surface area (Å²) < 4.78 is 4.86. The highest BCUT2D eigenvalue weighted by molar-refractivity contribution is 6.12. The number of rotatable bonds is 3. The van der Waals surface area contributed by atoms with E-state index in [1.807, 2.05) is 0 Å². The van der Waals surface area contributed by atoms with Crippen molar-refractivity contribution in [1.82, 2.24) is 9.13 Å². The third kappa shape index (κ3) is 3.94. The zero-order valence-corrected chi connectivity index (χ0v) is 25.1. The van der Waals surface area contributed by atoms with Crippen LogP contribution in [0.1, 0.15) is 31.9 Å². The molecule has 0 bridgehead atoms. The predicted molar refractivity (Wildman–Crippen MR) is 184 cm³/mol. The lowest BCUT2D eigenvalue weighted by Crippen LogP contribution is -2.15. The molecule has 0 saturated carbocycles. The lowest BCUT2D eigenvalue weighted by Gasteiger charge is -2.24. The first-order valence-corrected chi connectivity index (χ1v) is 15.1. The fourth-order valence-electron chi connectivity index (χ4n) is 6.94. The van der Waals surface area contributed by atoms with E-state index in [9.17, 15) is 0 Å². The van der Waals surface area contributed by atoms with E-state index in [2.05, 4.69) is 170 Å². The minimum atomic E-state index is 0.0289. The highest BCUT2D eigenvalue weighted by Crippen LogP contribution is 2.40. The van der Waals surface area contributed by atoms with Crippen molar-refractivity contribution in [1.29, 1.82) is 0 Å². The molecule has 0 N–H and O–H groups in total. The smallest absolute Gasteiger partial charge is 0.0541 e. The molecule has 208 valence electrons. The number of hydrogen-bond donors (Lipinski definition) is 0. The summed E-state index contributed by atoms with van der Waals surface area (Å²) in [6, 6.07) is 49.0. The third-order valence-corrected chi connectivity index (χ3v) is 8.99. The van der Waals surface area contributed by atoms with E-state index in [1.165, 1.54) is 77.2 Å². The fourth-order valence-corrected chi connectivity index (χ4v) is 6.94. The Kier molecular flexibility index (Phi) is 5.64. The van der Waals surface area contributed by atoms with Gasteiger partial charge in [-0.15, -0.1) is 0 Å². The molecule has 0 saturated heterocycles. The van der Waals surface area contributed by atoms with Gasteiger partial charge in [0.1, 0.15) is 0 Å². The van der Waals surface area contributed by atoms with Crippen LogP contribution in [0.3, 0.4) is 0 Å². The Bertz CT molecular complexity index is 2340. The maximum atomic E-state index is 2.45. The molecule has 2 heterocycles. The second-order valence-electron chi connectivity index (χ2n) is 12.7. The van der Waals surface area contributed by atoms with Gasteiger partial charge in [-0.1, -0.05) is 106 Å². The monoisotopic (exact) mass is 554 g/mol. The predicted octanol–water partition coefficient (Wildman–Crippen LogP) is 11.2. The Morgan fingerprint density at radius 1 is 0.419 bits per heavy atom. The molecule has 0 aliphatic carbocycles. The molecule has 2 nitrogen and oxygen atoms in total. The molecule has 0 unspecified atom stereocenters. The molecule has 0 aliphatic rings. The lowest BCUT2D eigenvalue weighted by molar-refractivity contribution is 0.587. The number of fused-ring (bicyclic) bond motifs is 6. The number of para-hydroxylation sites is 4. The summed E-state index contributed by atoms with van der Waals surface area (Å²) in [6.45, 7) is 9.08. The highest BCUT2D eigenvalue weighted by atomic mass is 15.0. The number of hydrogen-bond acceptors (Lipinski definition) is 0. The van der Waals surface area contributed by atoms with E-state index < -0.39 is 0 Å². The van der Waals surface area contributed by atoms with Crippen molar-refractivity contribution in [2.45, 2.75) is 33.1 Å². The highest BCUT2D eigenvalue weighted by Gasteiger charge is 2.22. The second kappa shape index (κ2) is 9.47. The molecular weight excluding hydrogens is 520 g/mol. The van der Waals surface area contributed by atoms with Crippen molar-refractivity contribution < 1.29 is 0 Å². The average Bonchev–Trinajstić information content (AvgIpc) is 3.53. The van der Waals surface area contributed by atoms with Crippen LogP contribution in [0, 0.1) is 6.92 Å². The molecule has 8 rings (SSSR count). The van der Waals surface area contributed by atoms with Crippen LogP contribution in [0.15, 0.2) is 133 Å². The summed E-state index contributed by atoms with van der Waals surface area (Å²) in [5.41, 5.74) is 12.5.